The molecule has 1 aromatic rings. The Balaban J connectivity index is 1.26. The molecule has 2 amide bonds. The number of hydrogen-bond donors (Lipinski definition) is 1. The fraction of sp³-hybridized carbons (Fsp3) is 0.538. The molecule has 2 heterocycles. The van der Waals surface area contributed by atoms with Gasteiger partial charge in [0, 0.05) is 51.8 Å². The summed E-state index contributed by atoms with van der Waals surface area (Å²) in [5.41, 5.74) is 0.691. The molecule has 3 aliphatic rings. The fourth-order valence-electron chi connectivity index (χ4n) is 5.01. The van der Waals surface area contributed by atoms with Gasteiger partial charge in [-0.15, -0.1) is 0 Å². The summed E-state index contributed by atoms with van der Waals surface area (Å²) >= 11 is 0. The molecule has 2 aliphatic heterocycles. The average molecular weight is 483 g/mol. The zero-order valence-corrected chi connectivity index (χ0v) is 20.7. The van der Waals surface area contributed by atoms with Crippen molar-refractivity contribution in [2.75, 3.05) is 51.3 Å². The zero-order valence-electron chi connectivity index (χ0n) is 20.7. The van der Waals surface area contributed by atoms with Crippen molar-refractivity contribution in [2.24, 2.45) is 10.4 Å². The van der Waals surface area contributed by atoms with Crippen LogP contribution in [0, 0.1) is 5.41 Å². The number of amides is 2. The van der Waals surface area contributed by atoms with Crippen LogP contribution in [0.25, 0.3) is 0 Å². The smallest absolute Gasteiger partial charge is 0.251 e. The summed E-state index contributed by atoms with van der Waals surface area (Å²) in [5, 5.41) is 10.2. The second kappa shape index (κ2) is 10.3. The van der Waals surface area contributed by atoms with E-state index in [1.807, 2.05) is 13.8 Å². The van der Waals surface area contributed by atoms with E-state index in [-0.39, 0.29) is 35.2 Å². The highest BCUT2D eigenvalue weighted by Gasteiger charge is 2.43. The molecule has 0 saturated carbocycles. The minimum atomic E-state index is -0.429. The van der Waals surface area contributed by atoms with E-state index >= 15 is 0 Å². The quantitative estimate of drug-likeness (QED) is 0.470. The Morgan fingerprint density at radius 2 is 1.77 bits per heavy atom. The third kappa shape index (κ3) is 5.62. The van der Waals surface area contributed by atoms with Gasteiger partial charge in [0.15, 0.2) is 5.78 Å². The summed E-state index contributed by atoms with van der Waals surface area (Å²) in [5.74, 6) is 0.387. The van der Waals surface area contributed by atoms with Gasteiger partial charge in [-0.2, -0.15) is 0 Å². The fourth-order valence-corrected chi connectivity index (χ4v) is 5.01. The number of aliphatic hydroxyl groups excluding tert-OH is 1. The van der Waals surface area contributed by atoms with Crippen LogP contribution in [0.4, 0.5) is 5.69 Å². The summed E-state index contributed by atoms with van der Waals surface area (Å²) in [6, 6.07) is 6.52. The number of nitrogens with zero attached hydrogens (tertiary/aromatic N) is 4. The van der Waals surface area contributed by atoms with Crippen LogP contribution in [0.15, 0.2) is 40.6 Å². The second-order valence-corrected chi connectivity index (χ2v) is 10.2. The number of rotatable bonds is 7. The summed E-state index contributed by atoms with van der Waals surface area (Å²) in [4.78, 5) is 48.0. The van der Waals surface area contributed by atoms with Crippen molar-refractivity contribution in [3.63, 3.8) is 0 Å². The van der Waals surface area contributed by atoms with Crippen LogP contribution >= 0.6 is 0 Å². The Kier molecular flexibility index (Phi) is 7.37. The minimum Gasteiger partial charge on any atom is -0.511 e. The maximum absolute atomic E-state index is 13.1. The number of allylic oxidation sites excluding steroid dienone is 2. The predicted octanol–water partition coefficient (Wildman–Crippen LogP) is 2.22. The Labute approximate surface area is 206 Å². The number of carbonyl (C=O) groups excluding carboxylic acids is 3. The van der Waals surface area contributed by atoms with Crippen LogP contribution in [-0.2, 0) is 14.4 Å². The van der Waals surface area contributed by atoms with E-state index < -0.39 is 6.04 Å². The lowest BCUT2D eigenvalue weighted by molar-refractivity contribution is -0.123. The number of piperazine rings is 1. The zero-order chi connectivity index (χ0) is 25.2. The van der Waals surface area contributed by atoms with Crippen LogP contribution < -0.4 is 9.64 Å². The molecule has 1 aromatic carbocycles. The number of carbonyl (C=O) groups is 3. The molecular weight excluding hydrogens is 448 g/mol. The Hall–Kier alpha value is -3.04. The summed E-state index contributed by atoms with van der Waals surface area (Å²) < 4.78 is 5.16. The highest BCUT2D eigenvalue weighted by Crippen LogP contribution is 2.35. The van der Waals surface area contributed by atoms with Crippen molar-refractivity contribution >= 4 is 29.5 Å². The maximum atomic E-state index is 13.1. The number of ketones is 1. The van der Waals surface area contributed by atoms with Gasteiger partial charge in [-0.05, 0) is 29.7 Å². The normalized spacial score (nSPS) is 24.1. The van der Waals surface area contributed by atoms with E-state index in [9.17, 15) is 19.5 Å². The van der Waals surface area contributed by atoms with Crippen LogP contribution in [0.5, 0.6) is 5.75 Å². The molecule has 2 saturated heterocycles. The Morgan fingerprint density at radius 3 is 2.40 bits per heavy atom. The molecule has 1 N–H and O–H groups in total. The minimum absolute atomic E-state index is 0.0597. The number of imide groups is 1. The number of hydrogen-bond acceptors (Lipinski definition) is 8. The van der Waals surface area contributed by atoms with Crippen molar-refractivity contribution in [3.05, 3.63) is 35.6 Å². The van der Waals surface area contributed by atoms with Crippen LogP contribution in [0.1, 0.15) is 33.1 Å². The molecule has 4 rings (SSSR count). The molecule has 1 atom stereocenters. The lowest BCUT2D eigenvalue weighted by Gasteiger charge is -2.36. The van der Waals surface area contributed by atoms with E-state index in [1.54, 1.807) is 31.4 Å². The number of anilines is 1. The molecule has 0 unspecified atom stereocenters. The maximum Gasteiger partial charge on any atom is 0.251 e. The largest absolute Gasteiger partial charge is 0.511 e. The number of methoxy groups -OCH3 is 1. The molecule has 9 nitrogen and oxygen atoms in total. The lowest BCUT2D eigenvalue weighted by atomic mass is 9.77. The van der Waals surface area contributed by atoms with Gasteiger partial charge in [0.2, 0.25) is 5.91 Å². The number of benzene rings is 1. The molecule has 0 aromatic heterocycles. The molecule has 0 spiro atoms. The molecule has 35 heavy (non-hydrogen) atoms. The summed E-state index contributed by atoms with van der Waals surface area (Å²) in [6.45, 7) is 8.15. The first-order valence-electron chi connectivity index (χ1n) is 12.1. The van der Waals surface area contributed by atoms with Gasteiger partial charge >= 0.3 is 0 Å². The third-order valence-electron chi connectivity index (χ3n) is 6.96. The van der Waals surface area contributed by atoms with E-state index in [2.05, 4.69) is 14.8 Å². The van der Waals surface area contributed by atoms with E-state index in [1.165, 1.54) is 11.1 Å². The Morgan fingerprint density at radius 1 is 1.09 bits per heavy atom. The molecule has 9 heteroatoms. The van der Waals surface area contributed by atoms with Crippen LogP contribution in [0.2, 0.25) is 0 Å². The molecule has 1 aliphatic carbocycles. The van der Waals surface area contributed by atoms with E-state index in [0.29, 0.717) is 49.5 Å². The van der Waals surface area contributed by atoms with Crippen LogP contribution in [0.3, 0.4) is 0 Å². The molecule has 0 radical (unpaired) electrons. The van der Waals surface area contributed by atoms with Gasteiger partial charge in [-0.1, -0.05) is 13.8 Å². The first kappa shape index (κ1) is 25.1. The first-order valence-corrected chi connectivity index (χ1v) is 12.1. The van der Waals surface area contributed by atoms with Gasteiger partial charge < -0.3 is 9.84 Å². The monoisotopic (exact) mass is 482 g/mol. The SMILES string of the molecule is COc1ccc(N2C(=O)C[C@H](N3CCN(CCN=CC4=C(O)CC(C)(C)CC4=O)CC3)C2=O)cc1. The topological polar surface area (TPSA) is 103 Å². The molecule has 0 bridgehead atoms. The van der Waals surface area contributed by atoms with Crippen molar-refractivity contribution < 1.29 is 24.2 Å². The highest BCUT2D eigenvalue weighted by molar-refractivity contribution is 6.22. The second-order valence-electron chi connectivity index (χ2n) is 10.2. The average Bonchev–Trinajstić information content (AvgIpc) is 3.11. The van der Waals surface area contributed by atoms with Gasteiger partial charge in [0.1, 0.15) is 11.5 Å². The summed E-state index contributed by atoms with van der Waals surface area (Å²) in [6.07, 6.45) is 2.61. The molecular formula is C26H34N4O5. The standard InChI is InChI=1S/C26H34N4O5/c1-26(2)15-22(31)20(23(32)16-26)17-27-8-9-28-10-12-29(13-11-28)21-14-24(33)30(25(21)34)18-4-6-19(35-3)7-5-18/h4-7,17,21,31H,8-16H2,1-3H3/t21-/m0/s1. The van der Waals surface area contributed by atoms with Crippen LogP contribution in [-0.4, -0.2) is 91.1 Å². The number of aliphatic hydroxyl groups is 1. The number of aliphatic imine (C=N–C) groups is 1. The van der Waals surface area contributed by atoms with E-state index in [4.69, 9.17) is 4.74 Å². The van der Waals surface area contributed by atoms with Gasteiger partial charge in [0.05, 0.1) is 37.4 Å². The third-order valence-corrected chi connectivity index (χ3v) is 6.96. The highest BCUT2D eigenvalue weighted by atomic mass is 16.5. The summed E-state index contributed by atoms with van der Waals surface area (Å²) in [7, 11) is 1.57. The van der Waals surface area contributed by atoms with Gasteiger partial charge in [0.25, 0.3) is 5.91 Å². The van der Waals surface area contributed by atoms with Crippen molar-refractivity contribution in [2.45, 2.75) is 39.2 Å². The molecule has 2 fully saturated rings. The number of ether oxygens (including phenoxy) is 1. The van der Waals surface area contributed by atoms with Gasteiger partial charge in [-0.3, -0.25) is 29.2 Å². The molecule has 188 valence electrons. The Bertz CT molecular complexity index is 1040. The van der Waals surface area contributed by atoms with Crippen molar-refractivity contribution in [1.82, 2.24) is 9.80 Å². The van der Waals surface area contributed by atoms with Crippen molar-refractivity contribution in [3.8, 4) is 5.75 Å². The van der Waals surface area contributed by atoms with Crippen molar-refractivity contribution in [1.29, 1.82) is 0 Å². The number of Topliss-reactive ketones (excluding diaryl/α,β-unsaturated/α-hetero) is 1. The van der Waals surface area contributed by atoms with E-state index in [0.717, 1.165) is 19.6 Å². The lowest BCUT2D eigenvalue weighted by Crippen LogP contribution is -2.52. The predicted molar refractivity (Wildman–Crippen MR) is 133 cm³/mol. The van der Waals surface area contributed by atoms with Gasteiger partial charge in [-0.25, -0.2) is 4.90 Å². The first-order chi connectivity index (χ1) is 16.7.